The largest absolute Gasteiger partial charge is 0.481 e. The Hall–Kier alpha value is -2.38. The number of nitrogens with two attached hydrogens (primary N) is 1. The molecule has 5 unspecified atom stereocenters. The van der Waals surface area contributed by atoms with Crippen LogP contribution in [0.25, 0.3) is 0 Å². The molecule has 3 amide bonds. The van der Waals surface area contributed by atoms with Crippen LogP contribution in [-0.2, 0) is 24.0 Å². The van der Waals surface area contributed by atoms with Crippen LogP contribution in [0.1, 0.15) is 20.3 Å². The van der Waals surface area contributed by atoms with E-state index in [-0.39, 0.29) is 5.75 Å². The predicted molar refractivity (Wildman–Crippen MR) is 94.9 cm³/mol. The van der Waals surface area contributed by atoms with Gasteiger partial charge in [0.25, 0.3) is 0 Å². The fourth-order valence-corrected chi connectivity index (χ4v) is 2.05. The van der Waals surface area contributed by atoms with Crippen LogP contribution in [0.4, 0.5) is 0 Å². The minimum absolute atomic E-state index is 0.259. The number of hydrogen-bond donors (Lipinski definition) is 8. The van der Waals surface area contributed by atoms with E-state index < -0.39 is 66.4 Å². The fourth-order valence-electron chi connectivity index (χ4n) is 1.80. The van der Waals surface area contributed by atoms with Gasteiger partial charge in [-0.1, -0.05) is 0 Å². The number of nitrogens with one attached hydrogen (secondary N) is 3. The van der Waals surface area contributed by atoms with Gasteiger partial charge >= 0.3 is 11.9 Å². The van der Waals surface area contributed by atoms with Crippen molar-refractivity contribution in [3.8, 4) is 0 Å². The molecular weight excluding hydrogens is 384 g/mol. The Bertz CT molecular complexity index is 583. The van der Waals surface area contributed by atoms with Crippen LogP contribution in [-0.4, -0.2) is 81.0 Å². The zero-order valence-corrected chi connectivity index (χ0v) is 15.6. The topological polar surface area (TPSA) is 208 Å². The maximum absolute atomic E-state index is 12.3. The first-order chi connectivity index (χ1) is 12.4. The number of hydrogen-bond acceptors (Lipinski definition) is 8. The maximum Gasteiger partial charge on any atom is 0.328 e. The van der Waals surface area contributed by atoms with Crippen molar-refractivity contribution >= 4 is 42.3 Å². The second kappa shape index (κ2) is 11.4. The van der Waals surface area contributed by atoms with Gasteiger partial charge in [-0.3, -0.25) is 19.2 Å². The predicted octanol–water partition coefficient (Wildman–Crippen LogP) is -3.34. The number of aliphatic hydroxyl groups is 1. The van der Waals surface area contributed by atoms with E-state index >= 15 is 0 Å². The molecule has 13 heteroatoms. The molecule has 0 fully saturated rings. The molecule has 154 valence electrons. The van der Waals surface area contributed by atoms with E-state index in [9.17, 15) is 29.1 Å². The summed E-state index contributed by atoms with van der Waals surface area (Å²) >= 11 is 3.89. The maximum atomic E-state index is 12.3. The molecule has 12 nitrogen and oxygen atoms in total. The zero-order valence-electron chi connectivity index (χ0n) is 14.7. The Balaban J connectivity index is 5.17. The van der Waals surface area contributed by atoms with Gasteiger partial charge in [-0.05, 0) is 13.8 Å². The molecule has 0 heterocycles. The van der Waals surface area contributed by atoms with Crippen LogP contribution in [0, 0.1) is 0 Å². The van der Waals surface area contributed by atoms with Crippen molar-refractivity contribution in [3.05, 3.63) is 0 Å². The molecule has 0 saturated heterocycles. The molecule has 8 N–H and O–H groups in total. The fraction of sp³-hybridized carbons (Fsp3) is 0.643. The molecular formula is C14H24N4O8S. The molecule has 27 heavy (non-hydrogen) atoms. The molecule has 0 bridgehead atoms. The average molecular weight is 408 g/mol. The lowest BCUT2D eigenvalue weighted by atomic mass is 10.1. The first-order valence-corrected chi connectivity index (χ1v) is 8.44. The minimum Gasteiger partial charge on any atom is -0.481 e. The highest BCUT2D eigenvalue weighted by Gasteiger charge is 2.31. The number of rotatable bonds is 11. The summed E-state index contributed by atoms with van der Waals surface area (Å²) in [7, 11) is 0. The first-order valence-electron chi connectivity index (χ1n) is 7.80. The number of aliphatic carboxylic acids is 2. The van der Waals surface area contributed by atoms with Gasteiger partial charge in [0.2, 0.25) is 17.7 Å². The van der Waals surface area contributed by atoms with Crippen molar-refractivity contribution < 1.29 is 39.3 Å². The lowest BCUT2D eigenvalue weighted by Gasteiger charge is -2.24. The first kappa shape index (κ1) is 24.6. The van der Waals surface area contributed by atoms with Crippen molar-refractivity contribution in [2.75, 3.05) is 5.75 Å². The Morgan fingerprint density at radius 2 is 1.41 bits per heavy atom. The average Bonchev–Trinajstić information content (AvgIpc) is 2.54. The summed E-state index contributed by atoms with van der Waals surface area (Å²) in [6.45, 7) is 2.48. The number of aliphatic hydroxyl groups excluding tert-OH is 1. The standard InChI is InChI=1S/C14H24N4O8S/c1-5(15)11(22)16-7(3-9(20)21)12(23)17-8(4-27)13(24)18-10(6(2)19)14(25)26/h5-8,10,19,27H,3-4,15H2,1-2H3,(H,16,22)(H,17,23)(H,18,24)(H,20,21)(H,25,26). The normalized spacial score (nSPS) is 16.2. The molecule has 0 spiro atoms. The Labute approximate surface area is 160 Å². The SMILES string of the molecule is CC(N)C(=O)NC(CC(=O)O)C(=O)NC(CS)C(=O)NC(C(=O)O)C(C)O. The van der Waals surface area contributed by atoms with Crippen LogP contribution in [0.2, 0.25) is 0 Å². The van der Waals surface area contributed by atoms with Gasteiger partial charge in [0.1, 0.15) is 12.1 Å². The molecule has 0 aliphatic carbocycles. The van der Waals surface area contributed by atoms with E-state index in [1.165, 1.54) is 6.92 Å². The molecule has 0 aromatic rings. The van der Waals surface area contributed by atoms with Gasteiger partial charge in [-0.2, -0.15) is 12.6 Å². The summed E-state index contributed by atoms with van der Waals surface area (Å²) in [6, 6.07) is -5.47. The van der Waals surface area contributed by atoms with Crippen LogP contribution in [0.15, 0.2) is 0 Å². The van der Waals surface area contributed by atoms with E-state index in [0.717, 1.165) is 6.92 Å². The minimum atomic E-state index is -1.62. The van der Waals surface area contributed by atoms with E-state index in [1.54, 1.807) is 0 Å². The van der Waals surface area contributed by atoms with Crippen LogP contribution in [0.3, 0.4) is 0 Å². The van der Waals surface area contributed by atoms with Crippen molar-refractivity contribution in [1.82, 2.24) is 16.0 Å². The van der Waals surface area contributed by atoms with Gasteiger partial charge < -0.3 is 37.0 Å². The van der Waals surface area contributed by atoms with Crippen molar-refractivity contribution in [1.29, 1.82) is 0 Å². The number of carboxylic acid groups (broad SMARTS) is 2. The van der Waals surface area contributed by atoms with Crippen molar-refractivity contribution in [2.45, 2.75) is 50.5 Å². The molecule has 0 aliphatic rings. The lowest BCUT2D eigenvalue weighted by Crippen LogP contribution is -2.59. The van der Waals surface area contributed by atoms with Gasteiger partial charge in [0, 0.05) is 5.75 Å². The Kier molecular flexibility index (Phi) is 10.4. The molecule has 0 saturated carbocycles. The highest BCUT2D eigenvalue weighted by molar-refractivity contribution is 7.80. The van der Waals surface area contributed by atoms with E-state index in [1.807, 2.05) is 5.32 Å². The molecule has 5 atom stereocenters. The third-order valence-corrected chi connectivity index (χ3v) is 3.65. The summed E-state index contributed by atoms with van der Waals surface area (Å²) < 4.78 is 0. The molecule has 0 rings (SSSR count). The molecule has 0 aromatic heterocycles. The third kappa shape index (κ3) is 8.70. The zero-order chi connectivity index (χ0) is 21.3. The van der Waals surface area contributed by atoms with Gasteiger partial charge in [-0.15, -0.1) is 0 Å². The Morgan fingerprint density at radius 1 is 0.926 bits per heavy atom. The lowest BCUT2D eigenvalue weighted by molar-refractivity contribution is -0.145. The third-order valence-electron chi connectivity index (χ3n) is 3.29. The monoisotopic (exact) mass is 408 g/mol. The quantitative estimate of drug-likeness (QED) is 0.160. The number of carbonyl (C=O) groups excluding carboxylic acids is 3. The van der Waals surface area contributed by atoms with Gasteiger partial charge in [-0.25, -0.2) is 4.79 Å². The van der Waals surface area contributed by atoms with Crippen molar-refractivity contribution in [3.63, 3.8) is 0 Å². The van der Waals surface area contributed by atoms with Gasteiger partial charge in [0.15, 0.2) is 6.04 Å². The second-order valence-electron chi connectivity index (χ2n) is 5.76. The van der Waals surface area contributed by atoms with E-state index in [0.29, 0.717) is 0 Å². The summed E-state index contributed by atoms with van der Waals surface area (Å²) in [5.41, 5.74) is 5.36. The van der Waals surface area contributed by atoms with E-state index in [4.69, 9.17) is 15.9 Å². The molecule has 0 aromatic carbocycles. The molecule has 0 aliphatic heterocycles. The smallest absolute Gasteiger partial charge is 0.328 e. The number of carboxylic acids is 2. The highest BCUT2D eigenvalue weighted by atomic mass is 32.1. The number of thiol groups is 1. The summed E-state index contributed by atoms with van der Waals surface area (Å²) in [6.07, 6.45) is -2.18. The summed E-state index contributed by atoms with van der Waals surface area (Å²) in [5.74, 6) is -5.86. The number of amides is 3. The van der Waals surface area contributed by atoms with Crippen LogP contribution >= 0.6 is 12.6 Å². The van der Waals surface area contributed by atoms with Gasteiger partial charge in [0.05, 0.1) is 18.6 Å². The molecule has 0 radical (unpaired) electrons. The van der Waals surface area contributed by atoms with E-state index in [2.05, 4.69) is 23.3 Å². The highest BCUT2D eigenvalue weighted by Crippen LogP contribution is 2.00. The van der Waals surface area contributed by atoms with Crippen LogP contribution in [0.5, 0.6) is 0 Å². The van der Waals surface area contributed by atoms with Crippen molar-refractivity contribution in [2.24, 2.45) is 5.73 Å². The Morgan fingerprint density at radius 3 is 1.78 bits per heavy atom. The second-order valence-corrected chi connectivity index (χ2v) is 6.12. The summed E-state index contributed by atoms with van der Waals surface area (Å²) in [5, 5.41) is 33.6. The van der Waals surface area contributed by atoms with Crippen LogP contribution < -0.4 is 21.7 Å². The summed E-state index contributed by atoms with van der Waals surface area (Å²) in [4.78, 5) is 57.9. The number of carbonyl (C=O) groups is 5.